The Morgan fingerprint density at radius 2 is 2.12 bits per heavy atom. The molecule has 0 amide bonds. The van der Waals surface area contributed by atoms with Crippen LogP contribution in [0.1, 0.15) is 19.3 Å². The molecule has 0 aromatic heterocycles. The van der Waals surface area contributed by atoms with Gasteiger partial charge in [0.05, 0.1) is 17.1 Å². The van der Waals surface area contributed by atoms with Crippen LogP contribution in [0.25, 0.3) is 0 Å². The molecule has 2 heterocycles. The number of aliphatic hydroxyl groups is 1. The molecule has 0 aromatic rings. The molecule has 5 nitrogen and oxygen atoms in total. The minimum Gasteiger partial charge on any atom is -0.388 e. The Hall–Kier alpha value is -0.170. The average Bonchev–Trinajstić information content (AvgIpc) is 2.55. The fourth-order valence-electron chi connectivity index (χ4n) is 3.31. The normalized spacial score (nSPS) is 42.8. The van der Waals surface area contributed by atoms with E-state index in [1.165, 1.54) is 0 Å². The fraction of sp³-hybridized carbons (Fsp3) is 1.00. The second-order valence-corrected chi connectivity index (χ2v) is 7.88. The molecule has 2 fully saturated rings. The van der Waals surface area contributed by atoms with Crippen LogP contribution in [0.5, 0.6) is 0 Å². The summed E-state index contributed by atoms with van der Waals surface area (Å²) in [4.78, 5) is 2.06. The van der Waals surface area contributed by atoms with Gasteiger partial charge >= 0.3 is 0 Å². The van der Waals surface area contributed by atoms with E-state index in [1.807, 2.05) is 7.05 Å². The van der Waals surface area contributed by atoms with E-state index in [0.717, 1.165) is 13.0 Å². The topological polar surface area (TPSA) is 83.6 Å². The number of piperidine rings is 1. The molecule has 0 saturated carbocycles. The van der Waals surface area contributed by atoms with Gasteiger partial charge in [-0.25, -0.2) is 8.42 Å². The van der Waals surface area contributed by atoms with E-state index in [1.54, 1.807) is 0 Å². The third-order valence-electron chi connectivity index (χ3n) is 4.43. The zero-order chi connectivity index (χ0) is 12.7. The van der Waals surface area contributed by atoms with Crippen molar-refractivity contribution in [3.8, 4) is 0 Å². The molecule has 0 radical (unpaired) electrons. The Bertz CT molecular complexity index is 398. The molecule has 2 rings (SSSR count). The summed E-state index contributed by atoms with van der Waals surface area (Å²) in [6.07, 6.45) is 2.05. The number of nitrogens with two attached hydrogens (primary N) is 1. The van der Waals surface area contributed by atoms with Crippen LogP contribution in [0.2, 0.25) is 0 Å². The van der Waals surface area contributed by atoms with Crippen molar-refractivity contribution in [3.63, 3.8) is 0 Å². The van der Waals surface area contributed by atoms with Crippen LogP contribution >= 0.6 is 0 Å². The lowest BCUT2D eigenvalue weighted by Crippen LogP contribution is -2.60. The first kappa shape index (κ1) is 13.3. The fourth-order valence-corrected chi connectivity index (χ4v) is 5.53. The van der Waals surface area contributed by atoms with Crippen LogP contribution in [-0.2, 0) is 9.84 Å². The molecule has 2 saturated heterocycles. The van der Waals surface area contributed by atoms with E-state index >= 15 is 0 Å². The molecule has 17 heavy (non-hydrogen) atoms. The van der Waals surface area contributed by atoms with Gasteiger partial charge in [0, 0.05) is 18.5 Å². The largest absolute Gasteiger partial charge is 0.388 e. The Morgan fingerprint density at radius 3 is 2.59 bits per heavy atom. The zero-order valence-corrected chi connectivity index (χ0v) is 11.2. The molecule has 0 aliphatic carbocycles. The predicted octanol–water partition coefficient (Wildman–Crippen LogP) is -0.793. The van der Waals surface area contributed by atoms with Crippen molar-refractivity contribution in [2.24, 2.45) is 11.1 Å². The van der Waals surface area contributed by atoms with Gasteiger partial charge in [-0.2, -0.15) is 0 Å². The number of hydrogen-bond acceptors (Lipinski definition) is 5. The van der Waals surface area contributed by atoms with E-state index in [-0.39, 0.29) is 18.1 Å². The van der Waals surface area contributed by atoms with Crippen LogP contribution in [-0.4, -0.2) is 62.2 Å². The maximum Gasteiger partial charge on any atom is 0.151 e. The van der Waals surface area contributed by atoms with Gasteiger partial charge < -0.3 is 15.7 Å². The Labute approximate surface area is 103 Å². The third-order valence-corrected chi connectivity index (χ3v) is 6.25. The first-order chi connectivity index (χ1) is 7.83. The van der Waals surface area contributed by atoms with Gasteiger partial charge in [-0.3, -0.25) is 0 Å². The summed E-state index contributed by atoms with van der Waals surface area (Å²) in [5, 5.41) is 10.8. The number of rotatable bonds is 2. The highest BCUT2D eigenvalue weighted by Crippen LogP contribution is 2.45. The van der Waals surface area contributed by atoms with Gasteiger partial charge in [0.15, 0.2) is 9.84 Å². The highest BCUT2D eigenvalue weighted by molar-refractivity contribution is 7.91. The van der Waals surface area contributed by atoms with Gasteiger partial charge in [-0.15, -0.1) is 0 Å². The molecule has 6 heteroatoms. The minimum absolute atomic E-state index is 0.0425. The standard InChI is InChI=1S/C11H22N2O3S/c1-13-5-2-3-11(14,8-13)10(7-12)4-6-17(15,16)9-10/h14H,2-9,12H2,1H3. The first-order valence-electron chi connectivity index (χ1n) is 6.14. The zero-order valence-electron chi connectivity index (χ0n) is 10.4. The van der Waals surface area contributed by atoms with Gasteiger partial charge in [0.25, 0.3) is 0 Å². The molecule has 2 aliphatic rings. The van der Waals surface area contributed by atoms with Crippen LogP contribution in [0.3, 0.4) is 0 Å². The molecule has 100 valence electrons. The van der Waals surface area contributed by atoms with Crippen LogP contribution in [0.15, 0.2) is 0 Å². The van der Waals surface area contributed by atoms with Crippen molar-refractivity contribution in [3.05, 3.63) is 0 Å². The van der Waals surface area contributed by atoms with Gasteiger partial charge in [-0.1, -0.05) is 0 Å². The molecule has 2 unspecified atom stereocenters. The second-order valence-electron chi connectivity index (χ2n) is 5.70. The Balaban J connectivity index is 2.29. The minimum atomic E-state index is -3.03. The van der Waals surface area contributed by atoms with Crippen molar-refractivity contribution in [2.45, 2.75) is 24.9 Å². The van der Waals surface area contributed by atoms with E-state index < -0.39 is 20.9 Å². The lowest BCUT2D eigenvalue weighted by molar-refractivity contribution is -0.109. The average molecular weight is 262 g/mol. The number of likely N-dealkylation sites (tertiary alicyclic amines) is 1. The summed E-state index contributed by atoms with van der Waals surface area (Å²) in [6.45, 7) is 1.73. The third kappa shape index (κ3) is 2.23. The highest BCUT2D eigenvalue weighted by atomic mass is 32.2. The molecular weight excluding hydrogens is 240 g/mol. The summed E-state index contributed by atoms with van der Waals surface area (Å²) in [5.41, 5.74) is 4.22. The van der Waals surface area contributed by atoms with Crippen molar-refractivity contribution >= 4 is 9.84 Å². The molecular formula is C11H22N2O3S. The SMILES string of the molecule is CN1CCCC(O)(C2(CN)CCS(=O)(=O)C2)C1. The molecule has 3 N–H and O–H groups in total. The highest BCUT2D eigenvalue weighted by Gasteiger charge is 2.56. The number of hydrogen-bond donors (Lipinski definition) is 2. The molecule has 0 spiro atoms. The van der Waals surface area contributed by atoms with E-state index in [2.05, 4.69) is 4.90 Å². The number of nitrogens with zero attached hydrogens (tertiary/aromatic N) is 1. The van der Waals surface area contributed by atoms with Crippen molar-refractivity contribution in [1.82, 2.24) is 4.90 Å². The maximum absolute atomic E-state index is 11.7. The van der Waals surface area contributed by atoms with E-state index in [9.17, 15) is 13.5 Å². The summed E-state index contributed by atoms with van der Waals surface area (Å²) in [7, 11) is -1.07. The summed E-state index contributed by atoms with van der Waals surface area (Å²) < 4.78 is 23.4. The molecule has 2 atom stereocenters. The van der Waals surface area contributed by atoms with Crippen molar-refractivity contribution in [2.75, 3.05) is 38.2 Å². The van der Waals surface area contributed by atoms with Crippen LogP contribution in [0.4, 0.5) is 0 Å². The van der Waals surface area contributed by atoms with Crippen molar-refractivity contribution in [1.29, 1.82) is 0 Å². The number of β-amino-alcohol motifs (C(OH)–C–C–N with tert-alkyl or cyclic N) is 1. The van der Waals surface area contributed by atoms with E-state index in [0.29, 0.717) is 19.4 Å². The lowest BCUT2D eigenvalue weighted by atomic mass is 9.67. The lowest BCUT2D eigenvalue weighted by Gasteiger charge is -2.48. The molecule has 0 aromatic carbocycles. The Kier molecular flexibility index (Phi) is 3.27. The summed E-state index contributed by atoms with van der Waals surface area (Å²) in [5.74, 6) is 0.205. The number of likely N-dealkylation sites (N-methyl/N-ethyl adjacent to an activating group) is 1. The van der Waals surface area contributed by atoms with Crippen molar-refractivity contribution < 1.29 is 13.5 Å². The first-order valence-corrected chi connectivity index (χ1v) is 7.96. The van der Waals surface area contributed by atoms with Gasteiger partial charge in [0.1, 0.15) is 0 Å². The second kappa shape index (κ2) is 4.19. The summed E-state index contributed by atoms with van der Waals surface area (Å²) in [6, 6.07) is 0. The monoisotopic (exact) mass is 262 g/mol. The maximum atomic E-state index is 11.7. The van der Waals surface area contributed by atoms with Gasteiger partial charge in [-0.05, 0) is 32.9 Å². The number of sulfone groups is 1. The van der Waals surface area contributed by atoms with Gasteiger partial charge in [0.2, 0.25) is 0 Å². The quantitative estimate of drug-likeness (QED) is 0.681. The Morgan fingerprint density at radius 1 is 1.41 bits per heavy atom. The smallest absolute Gasteiger partial charge is 0.151 e. The predicted molar refractivity (Wildman–Crippen MR) is 66.4 cm³/mol. The summed E-state index contributed by atoms with van der Waals surface area (Å²) >= 11 is 0. The molecule has 0 bridgehead atoms. The van der Waals surface area contributed by atoms with E-state index in [4.69, 9.17) is 5.73 Å². The molecule has 2 aliphatic heterocycles. The van der Waals surface area contributed by atoms with Crippen LogP contribution in [0, 0.1) is 5.41 Å². The van der Waals surface area contributed by atoms with Crippen LogP contribution < -0.4 is 5.73 Å².